The first kappa shape index (κ1) is 12.1. The topological polar surface area (TPSA) is 75.0 Å². The summed E-state index contributed by atoms with van der Waals surface area (Å²) in [5, 5.41) is 18.5. The number of nitrogens with two attached hydrogens (primary N) is 1. The maximum atomic E-state index is 9.28. The number of hydrogen-bond acceptors (Lipinski definition) is 3. The molecule has 2 rings (SSSR count). The van der Waals surface area contributed by atoms with E-state index in [4.69, 9.17) is 5.73 Å². The Kier molecular flexibility index (Phi) is 2.99. The van der Waals surface area contributed by atoms with Gasteiger partial charge in [-0.15, -0.1) is 0 Å². The van der Waals surface area contributed by atoms with Crippen LogP contribution in [-0.4, -0.2) is 9.67 Å². The number of nitriles is 1. The zero-order chi connectivity index (χ0) is 13.3. The second kappa shape index (κ2) is 4.46. The largest absolute Gasteiger partial charge is 0.508 e. The molecule has 0 aliphatic heterocycles. The smallest absolute Gasteiger partial charge is 0.148 e. The Morgan fingerprint density at radius 3 is 2.39 bits per heavy atom. The van der Waals surface area contributed by atoms with Crippen LogP contribution >= 0.6 is 0 Å². The SMILES string of the molecule is CC(C)c1cn(-c2ccc(O)cc2)c(C#N)c1N. The van der Waals surface area contributed by atoms with Crippen molar-refractivity contribution in [3.8, 4) is 17.5 Å². The van der Waals surface area contributed by atoms with Gasteiger partial charge >= 0.3 is 0 Å². The number of phenols is 1. The zero-order valence-corrected chi connectivity index (χ0v) is 10.4. The van der Waals surface area contributed by atoms with Crippen molar-refractivity contribution in [2.45, 2.75) is 19.8 Å². The van der Waals surface area contributed by atoms with E-state index in [1.165, 1.54) is 0 Å². The third-order valence-electron chi connectivity index (χ3n) is 2.93. The van der Waals surface area contributed by atoms with Gasteiger partial charge in [0.05, 0.1) is 5.69 Å². The molecule has 4 heteroatoms. The highest BCUT2D eigenvalue weighted by Crippen LogP contribution is 2.29. The molecule has 0 aliphatic carbocycles. The molecule has 0 saturated carbocycles. The number of anilines is 1. The fourth-order valence-electron chi connectivity index (χ4n) is 1.93. The third-order valence-corrected chi connectivity index (χ3v) is 2.93. The van der Waals surface area contributed by atoms with Gasteiger partial charge in [-0.1, -0.05) is 13.8 Å². The van der Waals surface area contributed by atoms with E-state index in [0.717, 1.165) is 11.3 Å². The zero-order valence-electron chi connectivity index (χ0n) is 10.4. The fourth-order valence-corrected chi connectivity index (χ4v) is 1.93. The number of aromatic nitrogens is 1. The summed E-state index contributed by atoms with van der Waals surface area (Å²) in [6, 6.07) is 8.80. The Balaban J connectivity index is 2.61. The minimum absolute atomic E-state index is 0.196. The molecule has 0 unspecified atom stereocenters. The van der Waals surface area contributed by atoms with Crippen LogP contribution in [0.2, 0.25) is 0 Å². The second-order valence-corrected chi connectivity index (χ2v) is 4.50. The molecule has 4 nitrogen and oxygen atoms in total. The molecule has 0 bridgehead atoms. The van der Waals surface area contributed by atoms with Crippen LogP contribution in [0.4, 0.5) is 5.69 Å². The van der Waals surface area contributed by atoms with Crippen LogP contribution in [0.1, 0.15) is 31.0 Å². The lowest BCUT2D eigenvalue weighted by atomic mass is 10.1. The van der Waals surface area contributed by atoms with E-state index in [9.17, 15) is 10.4 Å². The van der Waals surface area contributed by atoms with Gasteiger partial charge in [-0.05, 0) is 35.7 Å². The fraction of sp³-hybridized carbons (Fsp3) is 0.214. The summed E-state index contributed by atoms with van der Waals surface area (Å²) in [5.74, 6) is 0.455. The van der Waals surface area contributed by atoms with E-state index in [1.54, 1.807) is 28.8 Å². The molecular weight excluding hydrogens is 226 g/mol. The molecule has 0 radical (unpaired) electrons. The maximum absolute atomic E-state index is 9.28. The molecule has 2 aromatic rings. The highest BCUT2D eigenvalue weighted by Gasteiger charge is 2.16. The normalized spacial score (nSPS) is 10.6. The van der Waals surface area contributed by atoms with Crippen LogP contribution in [0.5, 0.6) is 5.75 Å². The molecule has 0 aliphatic rings. The van der Waals surface area contributed by atoms with Crippen molar-refractivity contribution >= 4 is 5.69 Å². The van der Waals surface area contributed by atoms with Gasteiger partial charge in [-0.3, -0.25) is 0 Å². The molecule has 1 aromatic carbocycles. The van der Waals surface area contributed by atoms with E-state index in [-0.39, 0.29) is 11.7 Å². The summed E-state index contributed by atoms with van der Waals surface area (Å²) in [6.45, 7) is 4.07. The standard InChI is InChI=1S/C14H15N3O/c1-9(2)12-8-17(13(7-15)14(12)16)10-3-5-11(18)6-4-10/h3-6,8-9,18H,16H2,1-2H3. The van der Waals surface area contributed by atoms with E-state index in [0.29, 0.717) is 11.4 Å². The molecular formula is C14H15N3O. The van der Waals surface area contributed by atoms with Crippen LogP contribution in [-0.2, 0) is 0 Å². The summed E-state index contributed by atoms with van der Waals surface area (Å²) < 4.78 is 1.75. The third kappa shape index (κ3) is 1.91. The molecule has 0 atom stereocenters. The number of rotatable bonds is 2. The first-order valence-electron chi connectivity index (χ1n) is 5.74. The number of benzene rings is 1. The van der Waals surface area contributed by atoms with Crippen molar-refractivity contribution in [2.24, 2.45) is 0 Å². The lowest BCUT2D eigenvalue weighted by Gasteiger charge is -2.04. The van der Waals surface area contributed by atoms with Crippen LogP contribution in [0, 0.1) is 11.3 Å². The molecule has 1 aromatic heterocycles. The lowest BCUT2D eigenvalue weighted by Crippen LogP contribution is -1.97. The van der Waals surface area contributed by atoms with Gasteiger partial charge in [-0.2, -0.15) is 5.26 Å². The number of aromatic hydroxyl groups is 1. The number of nitrogens with zero attached hydrogens (tertiary/aromatic N) is 2. The van der Waals surface area contributed by atoms with Crippen molar-refractivity contribution in [1.82, 2.24) is 4.57 Å². The summed E-state index contributed by atoms with van der Waals surface area (Å²) in [4.78, 5) is 0. The van der Waals surface area contributed by atoms with Gasteiger partial charge in [0.25, 0.3) is 0 Å². The minimum Gasteiger partial charge on any atom is -0.508 e. The van der Waals surface area contributed by atoms with Crippen molar-refractivity contribution in [1.29, 1.82) is 5.26 Å². The molecule has 3 N–H and O–H groups in total. The summed E-state index contributed by atoms with van der Waals surface area (Å²) >= 11 is 0. The van der Waals surface area contributed by atoms with E-state index >= 15 is 0 Å². The molecule has 0 fully saturated rings. The van der Waals surface area contributed by atoms with Gasteiger partial charge in [0, 0.05) is 11.9 Å². The van der Waals surface area contributed by atoms with Gasteiger partial charge in [0.15, 0.2) is 0 Å². The molecule has 0 spiro atoms. The van der Waals surface area contributed by atoms with Crippen molar-refractivity contribution in [2.75, 3.05) is 5.73 Å². The van der Waals surface area contributed by atoms with Crippen LogP contribution < -0.4 is 5.73 Å². The van der Waals surface area contributed by atoms with Crippen molar-refractivity contribution < 1.29 is 5.11 Å². The van der Waals surface area contributed by atoms with Gasteiger partial charge in [0.1, 0.15) is 17.5 Å². The minimum atomic E-state index is 0.196. The Hall–Kier alpha value is -2.41. The average Bonchev–Trinajstić information content (AvgIpc) is 2.67. The number of nitrogen functional groups attached to an aromatic ring is 1. The Bertz CT molecular complexity index is 603. The molecule has 18 heavy (non-hydrogen) atoms. The average molecular weight is 241 g/mol. The van der Waals surface area contributed by atoms with Crippen LogP contribution in [0.15, 0.2) is 30.5 Å². The van der Waals surface area contributed by atoms with Crippen molar-refractivity contribution in [3.05, 3.63) is 41.7 Å². The molecule has 0 saturated heterocycles. The Labute approximate surface area is 106 Å². The van der Waals surface area contributed by atoms with E-state index in [1.807, 2.05) is 20.0 Å². The van der Waals surface area contributed by atoms with Gasteiger partial charge in [0.2, 0.25) is 0 Å². The molecule has 1 heterocycles. The van der Waals surface area contributed by atoms with Crippen molar-refractivity contribution in [3.63, 3.8) is 0 Å². The second-order valence-electron chi connectivity index (χ2n) is 4.50. The first-order valence-corrected chi connectivity index (χ1v) is 5.74. The van der Waals surface area contributed by atoms with E-state index in [2.05, 4.69) is 6.07 Å². The summed E-state index contributed by atoms with van der Waals surface area (Å²) in [7, 11) is 0. The molecule has 0 amide bonds. The number of phenolic OH excluding ortho intramolecular Hbond substituents is 1. The first-order chi connectivity index (χ1) is 8.54. The predicted octanol–water partition coefficient (Wildman–Crippen LogP) is 2.76. The quantitative estimate of drug-likeness (QED) is 0.848. The highest BCUT2D eigenvalue weighted by atomic mass is 16.3. The lowest BCUT2D eigenvalue weighted by molar-refractivity contribution is 0.475. The molecule has 92 valence electrons. The Morgan fingerprint density at radius 1 is 1.28 bits per heavy atom. The Morgan fingerprint density at radius 2 is 1.89 bits per heavy atom. The maximum Gasteiger partial charge on any atom is 0.148 e. The van der Waals surface area contributed by atoms with Gasteiger partial charge < -0.3 is 15.4 Å². The summed E-state index contributed by atoms with van der Waals surface area (Å²) in [6.07, 6.45) is 1.88. The highest BCUT2D eigenvalue weighted by molar-refractivity contribution is 5.62. The van der Waals surface area contributed by atoms with Gasteiger partial charge in [-0.25, -0.2) is 0 Å². The number of hydrogen-bond donors (Lipinski definition) is 2. The van der Waals surface area contributed by atoms with Crippen LogP contribution in [0.25, 0.3) is 5.69 Å². The van der Waals surface area contributed by atoms with E-state index < -0.39 is 0 Å². The van der Waals surface area contributed by atoms with Crippen LogP contribution in [0.3, 0.4) is 0 Å². The monoisotopic (exact) mass is 241 g/mol. The predicted molar refractivity (Wildman–Crippen MR) is 70.7 cm³/mol. The summed E-state index contributed by atoms with van der Waals surface area (Å²) in [5.41, 5.74) is 8.72.